The summed E-state index contributed by atoms with van der Waals surface area (Å²) < 4.78 is 10.8. The van der Waals surface area contributed by atoms with E-state index in [0.29, 0.717) is 0 Å². The summed E-state index contributed by atoms with van der Waals surface area (Å²) in [6.45, 7) is 3.55. The number of nitrogens with one attached hydrogen (secondary N) is 1. The molecule has 1 heterocycles. The molecule has 0 saturated carbocycles. The number of ether oxygens (including phenoxy) is 2. The summed E-state index contributed by atoms with van der Waals surface area (Å²) in [5, 5.41) is 2.89. The van der Waals surface area contributed by atoms with Crippen LogP contribution in [0, 0.1) is 0 Å². The van der Waals surface area contributed by atoms with Gasteiger partial charge in [0.1, 0.15) is 0 Å². The van der Waals surface area contributed by atoms with Crippen LogP contribution in [0.1, 0.15) is 26.7 Å². The molecule has 0 spiro atoms. The standard InChI is InChI=1S/C11H19NO3/c1-4-9(12-8(2)13)10-6-5-7-11(14-3)15-10/h5,7,9-11H,4,6H2,1-3H3,(H,12,13)/t9?,10-,11-/m1/s1. The predicted octanol–water partition coefficient (Wildman–Crippen LogP) is 1.22. The molecule has 1 N–H and O–H groups in total. The highest BCUT2D eigenvalue weighted by Gasteiger charge is 2.25. The molecule has 0 saturated heterocycles. The van der Waals surface area contributed by atoms with Crippen LogP contribution in [-0.4, -0.2) is 31.5 Å². The predicted molar refractivity (Wildman–Crippen MR) is 57.3 cm³/mol. The highest BCUT2D eigenvalue weighted by atomic mass is 16.7. The van der Waals surface area contributed by atoms with Gasteiger partial charge in [-0.3, -0.25) is 4.79 Å². The van der Waals surface area contributed by atoms with Crippen molar-refractivity contribution in [1.82, 2.24) is 5.32 Å². The molecule has 1 aliphatic rings. The van der Waals surface area contributed by atoms with Crippen molar-refractivity contribution in [3.05, 3.63) is 12.2 Å². The van der Waals surface area contributed by atoms with Gasteiger partial charge < -0.3 is 14.8 Å². The van der Waals surface area contributed by atoms with Crippen LogP contribution in [0.5, 0.6) is 0 Å². The van der Waals surface area contributed by atoms with Crippen LogP contribution in [0.4, 0.5) is 0 Å². The van der Waals surface area contributed by atoms with E-state index in [-0.39, 0.29) is 24.3 Å². The second-order valence-corrected chi connectivity index (χ2v) is 3.66. The van der Waals surface area contributed by atoms with Crippen LogP contribution in [0.25, 0.3) is 0 Å². The van der Waals surface area contributed by atoms with Gasteiger partial charge in [-0.2, -0.15) is 0 Å². The maximum atomic E-state index is 11.0. The van der Waals surface area contributed by atoms with Crippen molar-refractivity contribution in [1.29, 1.82) is 0 Å². The zero-order valence-electron chi connectivity index (χ0n) is 9.53. The third-order valence-electron chi connectivity index (χ3n) is 2.48. The van der Waals surface area contributed by atoms with Gasteiger partial charge in [0.2, 0.25) is 5.91 Å². The summed E-state index contributed by atoms with van der Waals surface area (Å²) in [6, 6.07) is 0.0603. The Bertz CT molecular complexity index is 240. The maximum absolute atomic E-state index is 11.0. The number of amides is 1. The van der Waals surface area contributed by atoms with Gasteiger partial charge in [0, 0.05) is 14.0 Å². The zero-order chi connectivity index (χ0) is 11.3. The van der Waals surface area contributed by atoms with Gasteiger partial charge in [-0.05, 0) is 18.9 Å². The van der Waals surface area contributed by atoms with E-state index >= 15 is 0 Å². The number of carbonyl (C=O) groups excluding carboxylic acids is 1. The fourth-order valence-electron chi connectivity index (χ4n) is 1.71. The van der Waals surface area contributed by atoms with Gasteiger partial charge in [-0.25, -0.2) is 0 Å². The molecule has 86 valence electrons. The summed E-state index contributed by atoms with van der Waals surface area (Å²) in [5.41, 5.74) is 0. The fraction of sp³-hybridized carbons (Fsp3) is 0.727. The van der Waals surface area contributed by atoms with Gasteiger partial charge in [-0.1, -0.05) is 13.0 Å². The van der Waals surface area contributed by atoms with Crippen molar-refractivity contribution < 1.29 is 14.3 Å². The average molecular weight is 213 g/mol. The first-order valence-electron chi connectivity index (χ1n) is 5.29. The monoisotopic (exact) mass is 213 g/mol. The molecule has 0 aromatic rings. The van der Waals surface area contributed by atoms with Crippen LogP contribution < -0.4 is 5.32 Å². The van der Waals surface area contributed by atoms with E-state index in [2.05, 4.69) is 5.32 Å². The summed E-state index contributed by atoms with van der Waals surface area (Å²) in [7, 11) is 1.61. The van der Waals surface area contributed by atoms with Crippen LogP contribution in [0.3, 0.4) is 0 Å². The van der Waals surface area contributed by atoms with Crippen LogP contribution in [0.15, 0.2) is 12.2 Å². The molecular weight excluding hydrogens is 194 g/mol. The van der Waals surface area contributed by atoms with Gasteiger partial charge in [-0.15, -0.1) is 0 Å². The van der Waals surface area contributed by atoms with Crippen molar-refractivity contribution in [2.24, 2.45) is 0 Å². The molecule has 0 fully saturated rings. The first kappa shape index (κ1) is 12.2. The highest BCUT2D eigenvalue weighted by Crippen LogP contribution is 2.17. The Morgan fingerprint density at radius 1 is 1.73 bits per heavy atom. The minimum absolute atomic E-state index is 0.00819. The molecule has 1 unspecified atom stereocenters. The third-order valence-corrected chi connectivity index (χ3v) is 2.48. The number of hydrogen-bond acceptors (Lipinski definition) is 3. The van der Waals surface area contributed by atoms with E-state index in [9.17, 15) is 4.79 Å². The van der Waals surface area contributed by atoms with E-state index < -0.39 is 0 Å². The molecule has 0 bridgehead atoms. The Morgan fingerprint density at radius 3 is 3.00 bits per heavy atom. The van der Waals surface area contributed by atoms with Crippen molar-refractivity contribution in [3.8, 4) is 0 Å². The topological polar surface area (TPSA) is 47.6 Å². The van der Waals surface area contributed by atoms with Crippen LogP contribution >= 0.6 is 0 Å². The average Bonchev–Trinajstić information content (AvgIpc) is 2.25. The fourth-order valence-corrected chi connectivity index (χ4v) is 1.71. The Hall–Kier alpha value is -0.870. The quantitative estimate of drug-likeness (QED) is 0.714. The van der Waals surface area contributed by atoms with Crippen molar-refractivity contribution >= 4 is 5.91 Å². The first-order valence-corrected chi connectivity index (χ1v) is 5.29. The lowest BCUT2D eigenvalue weighted by molar-refractivity contribution is -0.144. The van der Waals surface area contributed by atoms with Gasteiger partial charge >= 0.3 is 0 Å². The van der Waals surface area contributed by atoms with Gasteiger partial charge in [0.25, 0.3) is 0 Å². The number of rotatable bonds is 4. The molecule has 0 radical (unpaired) electrons. The smallest absolute Gasteiger partial charge is 0.217 e. The molecule has 4 heteroatoms. The van der Waals surface area contributed by atoms with E-state index in [1.54, 1.807) is 7.11 Å². The number of hydrogen-bond donors (Lipinski definition) is 1. The molecule has 3 atom stereocenters. The minimum Gasteiger partial charge on any atom is -0.352 e. The normalized spacial score (nSPS) is 27.4. The SMILES string of the molecule is CCC(NC(C)=O)[C@H]1CC=C[C@H](OC)O1. The van der Waals surface area contributed by atoms with E-state index in [1.807, 2.05) is 19.1 Å². The third kappa shape index (κ3) is 3.64. The highest BCUT2D eigenvalue weighted by molar-refractivity contribution is 5.73. The maximum Gasteiger partial charge on any atom is 0.217 e. The Kier molecular flexibility index (Phi) is 4.78. The summed E-state index contributed by atoms with van der Waals surface area (Å²) >= 11 is 0. The molecule has 0 aromatic heterocycles. The molecule has 15 heavy (non-hydrogen) atoms. The minimum atomic E-state index is -0.286. The molecular formula is C11H19NO3. The Labute approximate surface area is 90.6 Å². The van der Waals surface area contributed by atoms with Gasteiger partial charge in [0.15, 0.2) is 6.29 Å². The molecule has 0 aliphatic carbocycles. The summed E-state index contributed by atoms with van der Waals surface area (Å²) in [5.74, 6) is -0.0195. The second-order valence-electron chi connectivity index (χ2n) is 3.66. The molecule has 1 aliphatic heterocycles. The largest absolute Gasteiger partial charge is 0.352 e. The van der Waals surface area contributed by atoms with Crippen molar-refractivity contribution in [2.75, 3.05) is 7.11 Å². The van der Waals surface area contributed by atoms with Crippen LogP contribution in [-0.2, 0) is 14.3 Å². The van der Waals surface area contributed by atoms with E-state index in [0.717, 1.165) is 12.8 Å². The van der Waals surface area contributed by atoms with E-state index in [1.165, 1.54) is 6.92 Å². The Morgan fingerprint density at radius 2 is 2.47 bits per heavy atom. The first-order chi connectivity index (χ1) is 7.17. The van der Waals surface area contributed by atoms with Crippen LogP contribution in [0.2, 0.25) is 0 Å². The lowest BCUT2D eigenvalue weighted by atomic mass is 10.0. The Balaban J connectivity index is 2.53. The number of carbonyl (C=O) groups is 1. The molecule has 1 amide bonds. The molecule has 1 rings (SSSR count). The summed E-state index contributed by atoms with van der Waals surface area (Å²) in [6.07, 6.45) is 5.32. The second kappa shape index (κ2) is 5.88. The lowest BCUT2D eigenvalue weighted by Crippen LogP contribution is -2.45. The zero-order valence-corrected chi connectivity index (χ0v) is 9.53. The van der Waals surface area contributed by atoms with E-state index in [4.69, 9.17) is 9.47 Å². The molecule has 0 aromatic carbocycles. The van der Waals surface area contributed by atoms with Gasteiger partial charge in [0.05, 0.1) is 12.1 Å². The summed E-state index contributed by atoms with van der Waals surface area (Å²) in [4.78, 5) is 11.0. The van der Waals surface area contributed by atoms with Crippen molar-refractivity contribution in [2.45, 2.75) is 45.1 Å². The molecule has 4 nitrogen and oxygen atoms in total. The van der Waals surface area contributed by atoms with Crippen molar-refractivity contribution in [3.63, 3.8) is 0 Å². The lowest BCUT2D eigenvalue weighted by Gasteiger charge is -2.31. The number of methoxy groups -OCH3 is 1.